The summed E-state index contributed by atoms with van der Waals surface area (Å²) >= 11 is 7.24. The normalized spacial score (nSPS) is 11.4. The molecule has 8 heteroatoms. The van der Waals surface area contributed by atoms with Crippen molar-refractivity contribution in [2.45, 2.75) is 0 Å². The zero-order chi connectivity index (χ0) is 22.2. The summed E-state index contributed by atoms with van der Waals surface area (Å²) in [7, 11) is 3.89. The van der Waals surface area contributed by atoms with Crippen LogP contribution in [0.1, 0.15) is 20.8 Å². The minimum atomic E-state index is -0.542. The molecule has 0 unspecified atom stereocenters. The molecule has 0 aliphatic rings. The Labute approximate surface area is 189 Å². The average Bonchev–Trinajstić information content (AvgIpc) is 3.19. The minimum Gasteiger partial charge on any atom is -0.378 e. The molecule has 0 spiro atoms. The van der Waals surface area contributed by atoms with E-state index < -0.39 is 5.91 Å². The Hall–Kier alpha value is -3.42. The standard InChI is InChI=1S/C23H21ClN4O2S/c1-28(2)18-10-8-16(9-11-18)14-20(26-22(29)17-6-4-3-5-7-17)23(30)27-25-15-19-12-13-21(24)31-19/h3-15H,1-2H3,(H,26,29)(H,27,30)/b20-14-,25-15-. The van der Waals surface area contributed by atoms with Gasteiger partial charge in [-0.2, -0.15) is 5.10 Å². The molecule has 6 nitrogen and oxygen atoms in total. The number of benzene rings is 2. The molecule has 158 valence electrons. The van der Waals surface area contributed by atoms with E-state index in [1.165, 1.54) is 17.6 Å². The van der Waals surface area contributed by atoms with Crippen molar-refractivity contribution in [1.29, 1.82) is 0 Å². The van der Waals surface area contributed by atoms with E-state index in [9.17, 15) is 9.59 Å². The first-order chi connectivity index (χ1) is 14.9. The topological polar surface area (TPSA) is 73.8 Å². The van der Waals surface area contributed by atoms with Crippen molar-refractivity contribution in [2.24, 2.45) is 5.10 Å². The Kier molecular flexibility index (Phi) is 7.59. The van der Waals surface area contributed by atoms with E-state index in [-0.39, 0.29) is 11.6 Å². The van der Waals surface area contributed by atoms with Crippen molar-refractivity contribution >= 4 is 52.7 Å². The molecule has 0 aliphatic heterocycles. The first kappa shape index (κ1) is 22.3. The highest BCUT2D eigenvalue weighted by Gasteiger charge is 2.14. The summed E-state index contributed by atoms with van der Waals surface area (Å²) in [6, 6.07) is 19.8. The van der Waals surface area contributed by atoms with Crippen LogP contribution in [-0.2, 0) is 4.79 Å². The number of hydrogen-bond donors (Lipinski definition) is 2. The monoisotopic (exact) mass is 452 g/mol. The molecule has 1 heterocycles. The summed E-state index contributed by atoms with van der Waals surface area (Å²) in [4.78, 5) is 28.1. The lowest BCUT2D eigenvalue weighted by molar-refractivity contribution is -0.117. The Bertz CT molecular complexity index is 1110. The highest BCUT2D eigenvalue weighted by atomic mass is 35.5. The van der Waals surface area contributed by atoms with Gasteiger partial charge in [-0.1, -0.05) is 41.9 Å². The van der Waals surface area contributed by atoms with Gasteiger partial charge in [-0.3, -0.25) is 9.59 Å². The van der Waals surface area contributed by atoms with E-state index in [1.807, 2.05) is 49.3 Å². The van der Waals surface area contributed by atoms with Gasteiger partial charge in [-0.05, 0) is 48.0 Å². The summed E-state index contributed by atoms with van der Waals surface area (Å²) in [5.41, 5.74) is 4.76. The third-order valence-electron chi connectivity index (χ3n) is 4.20. The zero-order valence-corrected chi connectivity index (χ0v) is 18.6. The Morgan fingerprint density at radius 3 is 2.32 bits per heavy atom. The summed E-state index contributed by atoms with van der Waals surface area (Å²) < 4.78 is 0.629. The number of anilines is 1. The van der Waals surface area contributed by atoms with Gasteiger partial charge in [0.2, 0.25) is 0 Å². The Morgan fingerprint density at radius 2 is 1.71 bits per heavy atom. The van der Waals surface area contributed by atoms with Crippen LogP contribution in [-0.4, -0.2) is 32.1 Å². The number of rotatable bonds is 7. The second-order valence-electron chi connectivity index (χ2n) is 6.71. The number of amides is 2. The highest BCUT2D eigenvalue weighted by Crippen LogP contribution is 2.19. The number of carbonyl (C=O) groups is 2. The summed E-state index contributed by atoms with van der Waals surface area (Å²) in [6.45, 7) is 0. The van der Waals surface area contributed by atoms with Gasteiger partial charge in [-0.15, -0.1) is 11.3 Å². The number of thiophene rings is 1. The molecular weight excluding hydrogens is 432 g/mol. The van der Waals surface area contributed by atoms with Gasteiger partial charge in [0, 0.05) is 30.2 Å². The van der Waals surface area contributed by atoms with Crippen LogP contribution in [0.3, 0.4) is 0 Å². The van der Waals surface area contributed by atoms with Gasteiger partial charge in [0.25, 0.3) is 11.8 Å². The maximum Gasteiger partial charge on any atom is 0.287 e. The molecule has 2 amide bonds. The fraction of sp³-hybridized carbons (Fsp3) is 0.0870. The lowest BCUT2D eigenvalue weighted by Crippen LogP contribution is -2.32. The average molecular weight is 453 g/mol. The predicted octanol–water partition coefficient (Wildman–Crippen LogP) is 4.39. The molecule has 0 saturated carbocycles. The number of carbonyl (C=O) groups excluding carboxylic acids is 2. The first-order valence-electron chi connectivity index (χ1n) is 9.36. The van der Waals surface area contributed by atoms with Crippen molar-refractivity contribution in [3.8, 4) is 0 Å². The number of hydrogen-bond acceptors (Lipinski definition) is 5. The van der Waals surface area contributed by atoms with Crippen molar-refractivity contribution in [2.75, 3.05) is 19.0 Å². The lowest BCUT2D eigenvalue weighted by Gasteiger charge is -2.12. The molecule has 1 aromatic heterocycles. The smallest absolute Gasteiger partial charge is 0.287 e. The van der Waals surface area contributed by atoms with Crippen LogP contribution in [0.15, 0.2) is 77.5 Å². The van der Waals surface area contributed by atoms with Crippen LogP contribution in [0.2, 0.25) is 4.34 Å². The largest absolute Gasteiger partial charge is 0.378 e. The Balaban J connectivity index is 1.81. The van der Waals surface area contributed by atoms with Crippen molar-refractivity contribution in [3.63, 3.8) is 0 Å². The molecule has 2 aromatic carbocycles. The molecule has 0 aliphatic carbocycles. The number of hydrazone groups is 1. The van der Waals surface area contributed by atoms with Gasteiger partial charge in [0.05, 0.1) is 10.6 Å². The van der Waals surface area contributed by atoms with E-state index in [0.29, 0.717) is 9.90 Å². The maximum atomic E-state index is 12.7. The highest BCUT2D eigenvalue weighted by molar-refractivity contribution is 7.17. The molecule has 31 heavy (non-hydrogen) atoms. The zero-order valence-electron chi connectivity index (χ0n) is 17.0. The van der Waals surface area contributed by atoms with Crippen LogP contribution in [0, 0.1) is 0 Å². The van der Waals surface area contributed by atoms with E-state index >= 15 is 0 Å². The van der Waals surface area contributed by atoms with Crippen LogP contribution < -0.4 is 15.6 Å². The van der Waals surface area contributed by atoms with Crippen molar-refractivity contribution in [3.05, 3.63) is 92.8 Å². The molecule has 2 N–H and O–H groups in total. The van der Waals surface area contributed by atoms with Gasteiger partial charge >= 0.3 is 0 Å². The Morgan fingerprint density at radius 1 is 1.00 bits per heavy atom. The summed E-state index contributed by atoms with van der Waals surface area (Å²) in [5.74, 6) is -0.930. The molecule has 0 saturated heterocycles. The van der Waals surface area contributed by atoms with Gasteiger partial charge < -0.3 is 10.2 Å². The quantitative estimate of drug-likeness (QED) is 0.317. The van der Waals surface area contributed by atoms with Crippen molar-refractivity contribution in [1.82, 2.24) is 10.7 Å². The second kappa shape index (κ2) is 10.6. The van der Waals surface area contributed by atoms with Gasteiger partial charge in [-0.25, -0.2) is 5.43 Å². The third-order valence-corrected chi connectivity index (χ3v) is 5.37. The van der Waals surface area contributed by atoms with E-state index in [1.54, 1.807) is 42.5 Å². The molecule has 3 aromatic rings. The second-order valence-corrected chi connectivity index (χ2v) is 8.45. The van der Waals surface area contributed by atoms with E-state index in [2.05, 4.69) is 15.8 Å². The van der Waals surface area contributed by atoms with Crippen LogP contribution >= 0.6 is 22.9 Å². The minimum absolute atomic E-state index is 0.0767. The molecule has 3 rings (SSSR count). The molecule has 0 bridgehead atoms. The van der Waals surface area contributed by atoms with Crippen LogP contribution in [0.5, 0.6) is 0 Å². The van der Waals surface area contributed by atoms with Crippen LogP contribution in [0.4, 0.5) is 5.69 Å². The fourth-order valence-electron chi connectivity index (χ4n) is 2.59. The van der Waals surface area contributed by atoms with Crippen molar-refractivity contribution < 1.29 is 9.59 Å². The maximum absolute atomic E-state index is 12.7. The number of nitrogens with zero attached hydrogens (tertiary/aromatic N) is 2. The fourth-order valence-corrected chi connectivity index (χ4v) is 3.52. The van der Waals surface area contributed by atoms with Gasteiger partial charge in [0.1, 0.15) is 5.70 Å². The van der Waals surface area contributed by atoms with Gasteiger partial charge in [0.15, 0.2) is 0 Å². The summed E-state index contributed by atoms with van der Waals surface area (Å²) in [6.07, 6.45) is 3.10. The molecule has 0 fully saturated rings. The third kappa shape index (κ3) is 6.53. The first-order valence-corrected chi connectivity index (χ1v) is 10.6. The molecule has 0 radical (unpaired) electrons. The van der Waals surface area contributed by atoms with E-state index in [4.69, 9.17) is 11.6 Å². The van der Waals surface area contributed by atoms with Crippen LogP contribution in [0.25, 0.3) is 6.08 Å². The SMILES string of the molecule is CN(C)c1ccc(/C=C(\NC(=O)c2ccccc2)C(=O)N/N=C\c2ccc(Cl)s2)cc1. The summed E-state index contributed by atoms with van der Waals surface area (Å²) in [5, 5.41) is 6.64. The van der Waals surface area contributed by atoms with E-state index in [0.717, 1.165) is 16.1 Å². The molecular formula is C23H21ClN4O2S. The lowest BCUT2D eigenvalue weighted by atomic mass is 10.1. The number of halogens is 1. The molecule has 0 atom stereocenters. The number of nitrogens with one attached hydrogen (secondary N) is 2. The predicted molar refractivity (Wildman–Crippen MR) is 128 cm³/mol.